The lowest BCUT2D eigenvalue weighted by atomic mass is 9.82. The van der Waals surface area contributed by atoms with Gasteiger partial charge in [-0.05, 0) is 173 Å². The summed E-state index contributed by atoms with van der Waals surface area (Å²) >= 11 is 0. The highest BCUT2D eigenvalue weighted by Gasteiger charge is 2.39. The van der Waals surface area contributed by atoms with Gasteiger partial charge in [0.2, 0.25) is 27.2 Å². The maximum absolute atomic E-state index is 14.1. The molecule has 8 aromatic carbocycles. The predicted octanol–water partition coefficient (Wildman–Crippen LogP) is 19.7. The van der Waals surface area contributed by atoms with Crippen LogP contribution in [0.25, 0.3) is 0 Å². The lowest BCUT2D eigenvalue weighted by Crippen LogP contribution is -2.34. The van der Waals surface area contributed by atoms with Gasteiger partial charge in [0.05, 0.1) is 5.41 Å². The number of phenols is 1. The Hall–Kier alpha value is -8.12. The Bertz CT molecular complexity index is 3930. The summed E-state index contributed by atoms with van der Waals surface area (Å²) in [6, 6.07) is 52.9. The number of carbonyl (C=O) groups excluding carboxylic acids is 3. The number of halogens is 5. The zero-order valence-corrected chi connectivity index (χ0v) is 55.1. The van der Waals surface area contributed by atoms with Crippen LogP contribution in [0.3, 0.4) is 0 Å². The second-order valence-electron chi connectivity index (χ2n) is 23.9. The van der Waals surface area contributed by atoms with Gasteiger partial charge in [0.15, 0.2) is 51.2 Å². The Labute approximate surface area is 540 Å². The van der Waals surface area contributed by atoms with Crippen LogP contribution in [-0.2, 0) is 25.8 Å². The Balaban J connectivity index is 0.000000165. The van der Waals surface area contributed by atoms with Crippen LogP contribution in [0.5, 0.6) is 28.7 Å². The Morgan fingerprint density at radius 2 is 1.04 bits per heavy atom. The fourth-order valence-electron chi connectivity index (χ4n) is 10.2. The highest BCUT2D eigenvalue weighted by atomic mass is 32.2. The smallest absolute Gasteiger partial charge is 0.317 e. The summed E-state index contributed by atoms with van der Waals surface area (Å²) in [6.45, 7) is 19.2. The number of hydrogen-bond donors (Lipinski definition) is 1. The molecule has 0 bridgehead atoms. The first kappa shape index (κ1) is 71.3. The standard InChI is InChI=1S/C18H16O2.C18H13OS.C17H25FO.C12H12F4O5S.C10H14O/c1-3-11(2)12-8-9-15-16(10-12)18(20)14-7-5-4-6-13(14)17(15)19;1-2-8-14(9-3-1)20-17-12-6-4-10-15(17)19-16-11-5-7-13-18(16)20;1-4-13(2)14-8-9-16(15(18)12-14)19-17(3)10-6-5-7-11-17;1-4-12(2,3)11(17)21-9-5(13)7(15)10(22(18,19)20)8(16)6(9)14;1-3-8(2)9-4-6-10(11)7-5-9/h4-11H,3H2,1-2H3;1-13H;8-9,12-13H,4-7,10-11H2,1-3H3;4H2,1-3H3,(H,18,19,20);4-8,11H,3H2,1-2H3/q;+1;;;/p-1. The molecule has 3 atom stereocenters. The molecule has 1 heterocycles. The minimum Gasteiger partial charge on any atom is -0.744 e. The maximum Gasteiger partial charge on any atom is 0.317 e. The van der Waals surface area contributed by atoms with Gasteiger partial charge in [-0.15, -0.1) is 0 Å². The molecule has 17 heteroatoms. The molecular formula is C75H79F5O10S2. The summed E-state index contributed by atoms with van der Waals surface area (Å²) in [5.74, 6) is -8.64. The van der Waals surface area contributed by atoms with E-state index >= 15 is 0 Å². The largest absolute Gasteiger partial charge is 0.744 e. The van der Waals surface area contributed by atoms with Crippen LogP contribution in [0.1, 0.15) is 193 Å². The normalized spacial score (nSPS) is 14.7. The van der Waals surface area contributed by atoms with Crippen molar-refractivity contribution in [1.82, 2.24) is 0 Å². The summed E-state index contributed by atoms with van der Waals surface area (Å²) in [4.78, 5) is 38.3. The number of rotatable bonds is 13. The van der Waals surface area contributed by atoms with Crippen LogP contribution < -0.4 is 14.2 Å². The fourth-order valence-corrected chi connectivity index (χ4v) is 13.1. The van der Waals surface area contributed by atoms with Crippen LogP contribution in [0.4, 0.5) is 22.0 Å². The molecule has 486 valence electrons. The SMILES string of the molecule is CCC(C)(C)C(=O)Oc1c(F)c(F)c(S(=O)(=O)[O-])c(F)c1F.CCC(C)c1ccc(O)cc1.CCC(C)c1ccc(OC2(C)CCCCC2)c(F)c1.CCC(C)c1ccc2c(c1)C(=O)c1ccccc1C2=O.c1ccc([S+]2c3ccccc3Oc3ccccc32)cc1. The average Bonchev–Trinajstić information content (AvgIpc) is 0.780. The van der Waals surface area contributed by atoms with Gasteiger partial charge in [-0.3, -0.25) is 14.4 Å². The zero-order chi connectivity index (χ0) is 67.2. The van der Waals surface area contributed by atoms with Gasteiger partial charge in [-0.25, -0.2) is 21.6 Å². The van der Waals surface area contributed by atoms with Crippen LogP contribution in [-0.4, -0.2) is 41.2 Å². The summed E-state index contributed by atoms with van der Waals surface area (Å²) < 4.78 is 117. The molecule has 3 aliphatic rings. The number of para-hydroxylation sites is 2. The first-order chi connectivity index (χ1) is 43.7. The Morgan fingerprint density at radius 1 is 0.598 bits per heavy atom. The second kappa shape index (κ2) is 31.5. The van der Waals surface area contributed by atoms with E-state index in [0.29, 0.717) is 51.5 Å². The van der Waals surface area contributed by atoms with E-state index in [4.69, 9.17) is 14.6 Å². The lowest BCUT2D eigenvalue weighted by Gasteiger charge is -2.34. The van der Waals surface area contributed by atoms with Gasteiger partial charge >= 0.3 is 5.97 Å². The fraction of sp³-hybridized carbons (Fsp3) is 0.320. The van der Waals surface area contributed by atoms with Gasteiger partial charge in [-0.1, -0.05) is 152 Å². The van der Waals surface area contributed by atoms with E-state index in [-0.39, 0.29) is 40.3 Å². The number of fused-ring (bicyclic) bond motifs is 4. The van der Waals surface area contributed by atoms with E-state index in [1.54, 1.807) is 61.5 Å². The summed E-state index contributed by atoms with van der Waals surface area (Å²) in [7, 11) is -5.89. The minimum atomic E-state index is -5.81. The van der Waals surface area contributed by atoms with Crippen LogP contribution in [0, 0.1) is 34.5 Å². The quantitative estimate of drug-likeness (QED) is 0.0294. The number of esters is 1. The Kier molecular flexibility index (Phi) is 24.4. The monoisotopic (exact) mass is 1300 g/mol. The van der Waals surface area contributed by atoms with Crippen LogP contribution in [0.15, 0.2) is 183 Å². The van der Waals surface area contributed by atoms with Crippen molar-refractivity contribution in [3.63, 3.8) is 0 Å². The molecule has 8 aromatic rings. The van der Waals surface area contributed by atoms with Crippen LogP contribution in [0.2, 0.25) is 0 Å². The molecule has 2 aliphatic carbocycles. The Morgan fingerprint density at radius 3 is 1.54 bits per heavy atom. The number of hydrogen-bond acceptors (Lipinski definition) is 10. The number of benzene rings is 8. The number of ether oxygens (including phenoxy) is 3. The molecule has 1 N–H and O–H groups in total. The van der Waals surface area contributed by atoms with Gasteiger partial charge in [0, 0.05) is 22.3 Å². The first-order valence-electron chi connectivity index (χ1n) is 31.0. The van der Waals surface area contributed by atoms with Gasteiger partial charge in [0.25, 0.3) is 0 Å². The van der Waals surface area contributed by atoms with E-state index in [0.717, 1.165) is 54.7 Å². The summed E-state index contributed by atoms with van der Waals surface area (Å²) in [6.07, 6.45) is 9.06. The molecule has 3 unspecified atom stereocenters. The molecule has 11 rings (SSSR count). The van der Waals surface area contributed by atoms with E-state index in [2.05, 4.69) is 108 Å². The van der Waals surface area contributed by atoms with E-state index in [1.807, 2.05) is 54.6 Å². The third-order valence-corrected chi connectivity index (χ3v) is 20.2. The van der Waals surface area contributed by atoms with Crippen molar-refractivity contribution in [3.8, 4) is 28.7 Å². The number of aromatic hydroxyl groups is 1. The molecule has 0 saturated heterocycles. The molecule has 1 fully saturated rings. The average molecular weight is 1300 g/mol. The predicted molar refractivity (Wildman–Crippen MR) is 348 cm³/mol. The third-order valence-electron chi connectivity index (χ3n) is 17.0. The highest BCUT2D eigenvalue weighted by Crippen LogP contribution is 2.47. The van der Waals surface area contributed by atoms with Gasteiger partial charge in [-0.2, -0.15) is 8.78 Å². The highest BCUT2D eigenvalue weighted by molar-refractivity contribution is 7.97. The van der Waals surface area contributed by atoms with Crippen LogP contribution >= 0.6 is 0 Å². The van der Waals surface area contributed by atoms with Crippen molar-refractivity contribution < 1.29 is 68.6 Å². The molecule has 1 saturated carbocycles. The first-order valence-corrected chi connectivity index (χ1v) is 33.6. The molecule has 10 nitrogen and oxygen atoms in total. The van der Waals surface area contributed by atoms with Crippen molar-refractivity contribution >= 4 is 38.5 Å². The molecule has 0 amide bonds. The van der Waals surface area contributed by atoms with Gasteiger partial charge < -0.3 is 23.9 Å². The topological polar surface area (TPSA) is 156 Å². The summed E-state index contributed by atoms with van der Waals surface area (Å²) in [5, 5.41) is 9.01. The maximum atomic E-state index is 14.1. The third kappa shape index (κ3) is 17.1. The number of carbonyl (C=O) groups is 3. The molecule has 0 spiro atoms. The molecule has 1 aliphatic heterocycles. The minimum absolute atomic E-state index is 0.0413. The summed E-state index contributed by atoms with van der Waals surface area (Å²) in [5.41, 5.74) is 4.18. The molecule has 92 heavy (non-hydrogen) atoms. The van der Waals surface area contributed by atoms with Gasteiger partial charge in [0.1, 0.15) is 37.3 Å². The lowest BCUT2D eigenvalue weighted by molar-refractivity contribution is -0.144. The van der Waals surface area contributed by atoms with E-state index in [1.165, 1.54) is 53.4 Å². The van der Waals surface area contributed by atoms with Crippen molar-refractivity contribution in [2.75, 3.05) is 0 Å². The molecule has 0 radical (unpaired) electrons. The van der Waals surface area contributed by atoms with Crippen molar-refractivity contribution in [1.29, 1.82) is 0 Å². The van der Waals surface area contributed by atoms with E-state index in [9.17, 15) is 49.3 Å². The van der Waals surface area contributed by atoms with Crippen molar-refractivity contribution in [3.05, 3.63) is 232 Å². The number of ketones is 2. The second-order valence-corrected chi connectivity index (χ2v) is 27.2. The molecular weight excluding hydrogens is 1220 g/mol. The zero-order valence-electron chi connectivity index (χ0n) is 53.5. The number of phenolic OH excluding ortho intramolecular Hbond substituents is 1. The van der Waals surface area contributed by atoms with Crippen molar-refractivity contribution in [2.24, 2.45) is 5.41 Å². The molecule has 0 aromatic heterocycles. The van der Waals surface area contributed by atoms with Crippen molar-refractivity contribution in [2.45, 2.75) is 170 Å². The van der Waals surface area contributed by atoms with E-state index < -0.39 is 55.4 Å².